The SMILES string of the molecule is CCN1CCN(c2cc3c(cc2Nc2nnc(-c4ccc(F)cc4)s2)nc(-c2ccc(C(F)(F)F)cc2)n3C2CC2)CC1. The molecule has 1 saturated heterocycles. The lowest BCUT2D eigenvalue weighted by Gasteiger charge is -2.36. The van der Waals surface area contributed by atoms with Crippen LogP contribution in [0.25, 0.3) is 33.0 Å². The van der Waals surface area contributed by atoms with E-state index in [0.717, 1.165) is 85.7 Å². The van der Waals surface area contributed by atoms with Crippen LogP contribution >= 0.6 is 11.3 Å². The number of imidazole rings is 1. The monoisotopic (exact) mass is 607 g/mol. The van der Waals surface area contributed by atoms with Gasteiger partial charge >= 0.3 is 6.18 Å². The van der Waals surface area contributed by atoms with E-state index in [0.29, 0.717) is 21.5 Å². The first-order chi connectivity index (χ1) is 20.8. The number of rotatable bonds is 7. The third-order valence-corrected chi connectivity index (χ3v) is 9.00. The van der Waals surface area contributed by atoms with Crippen molar-refractivity contribution in [2.24, 2.45) is 0 Å². The molecule has 222 valence electrons. The zero-order valence-electron chi connectivity index (χ0n) is 23.4. The number of alkyl halides is 3. The lowest BCUT2D eigenvalue weighted by molar-refractivity contribution is -0.137. The van der Waals surface area contributed by atoms with E-state index in [9.17, 15) is 17.6 Å². The molecule has 0 amide bonds. The number of hydrogen-bond acceptors (Lipinski definition) is 7. The molecule has 0 spiro atoms. The highest BCUT2D eigenvalue weighted by Gasteiger charge is 2.32. The molecular weight excluding hydrogens is 578 g/mol. The van der Waals surface area contributed by atoms with Crippen molar-refractivity contribution < 1.29 is 17.6 Å². The first-order valence-corrected chi connectivity index (χ1v) is 15.2. The van der Waals surface area contributed by atoms with Gasteiger partial charge in [0.2, 0.25) is 5.13 Å². The maximum atomic E-state index is 13.4. The Labute approximate surface area is 249 Å². The predicted molar refractivity (Wildman–Crippen MR) is 161 cm³/mol. The predicted octanol–water partition coefficient (Wildman–Crippen LogP) is 7.60. The third kappa shape index (κ3) is 5.56. The number of likely N-dealkylation sites (N-methyl/N-ethyl adjacent to an activating group) is 1. The van der Waals surface area contributed by atoms with Crippen molar-refractivity contribution in [2.75, 3.05) is 42.9 Å². The Morgan fingerprint density at radius 3 is 2.26 bits per heavy atom. The van der Waals surface area contributed by atoms with Crippen molar-refractivity contribution in [1.29, 1.82) is 0 Å². The minimum Gasteiger partial charge on any atom is -0.367 e. The average molecular weight is 608 g/mol. The zero-order chi connectivity index (χ0) is 29.7. The molecule has 3 heterocycles. The smallest absolute Gasteiger partial charge is 0.367 e. The van der Waals surface area contributed by atoms with E-state index < -0.39 is 11.7 Å². The molecular formula is C31H29F4N7S. The molecule has 2 aromatic heterocycles. The Hall–Kier alpha value is -4.03. The molecule has 1 aliphatic carbocycles. The van der Waals surface area contributed by atoms with Crippen molar-refractivity contribution >= 4 is 38.9 Å². The van der Waals surface area contributed by atoms with Gasteiger partial charge in [0.15, 0.2) is 0 Å². The molecule has 1 saturated carbocycles. The summed E-state index contributed by atoms with van der Waals surface area (Å²) in [6, 6.07) is 15.8. The van der Waals surface area contributed by atoms with Gasteiger partial charge in [-0.2, -0.15) is 13.2 Å². The third-order valence-electron chi connectivity index (χ3n) is 8.11. The summed E-state index contributed by atoms with van der Waals surface area (Å²) in [4.78, 5) is 9.73. The highest BCUT2D eigenvalue weighted by atomic mass is 32.1. The standard InChI is InChI=1S/C31H29F4N7S/c1-2-40-13-15-41(16-14-40)26-18-27-25(17-24(26)37-30-39-38-29(43-30)20-5-9-22(32)10-6-20)36-28(42(27)23-11-12-23)19-3-7-21(8-4-19)31(33,34)35/h3-10,17-18,23H,2,11-16H2,1H3,(H,37,39). The molecule has 0 atom stereocenters. The highest BCUT2D eigenvalue weighted by molar-refractivity contribution is 7.18. The number of fused-ring (bicyclic) bond motifs is 1. The van der Waals surface area contributed by atoms with Gasteiger partial charge in [0.1, 0.15) is 16.6 Å². The Morgan fingerprint density at radius 1 is 0.907 bits per heavy atom. The van der Waals surface area contributed by atoms with Crippen LogP contribution in [0.3, 0.4) is 0 Å². The molecule has 43 heavy (non-hydrogen) atoms. The lowest BCUT2D eigenvalue weighted by atomic mass is 10.1. The van der Waals surface area contributed by atoms with Gasteiger partial charge in [0.05, 0.1) is 28.0 Å². The summed E-state index contributed by atoms with van der Waals surface area (Å²) in [6.45, 7) is 6.77. The van der Waals surface area contributed by atoms with Gasteiger partial charge in [-0.15, -0.1) is 10.2 Å². The molecule has 7 nitrogen and oxygen atoms in total. The molecule has 5 aromatic rings. The summed E-state index contributed by atoms with van der Waals surface area (Å²) in [5.74, 6) is 0.355. The molecule has 0 radical (unpaired) electrons. The zero-order valence-corrected chi connectivity index (χ0v) is 24.2. The molecule has 3 aromatic carbocycles. The Kier molecular flexibility index (Phi) is 7.05. The van der Waals surface area contributed by atoms with Crippen LogP contribution in [0.5, 0.6) is 0 Å². The maximum absolute atomic E-state index is 13.4. The van der Waals surface area contributed by atoms with Gasteiger partial charge in [-0.05, 0) is 67.9 Å². The largest absolute Gasteiger partial charge is 0.416 e. The number of nitrogens with zero attached hydrogens (tertiary/aromatic N) is 6. The molecule has 2 fully saturated rings. The van der Waals surface area contributed by atoms with E-state index in [1.165, 1.54) is 35.6 Å². The molecule has 1 aliphatic heterocycles. The lowest BCUT2D eigenvalue weighted by Crippen LogP contribution is -2.46. The number of benzene rings is 3. The summed E-state index contributed by atoms with van der Waals surface area (Å²) < 4.78 is 55.4. The number of anilines is 3. The van der Waals surface area contributed by atoms with Crippen LogP contribution in [0.4, 0.5) is 34.1 Å². The molecule has 12 heteroatoms. The van der Waals surface area contributed by atoms with Crippen molar-refractivity contribution in [1.82, 2.24) is 24.6 Å². The maximum Gasteiger partial charge on any atom is 0.416 e. The van der Waals surface area contributed by atoms with Crippen molar-refractivity contribution in [3.8, 4) is 22.0 Å². The summed E-state index contributed by atoms with van der Waals surface area (Å²) in [5, 5.41) is 13.4. The number of halogens is 4. The first kappa shape index (κ1) is 27.8. The summed E-state index contributed by atoms with van der Waals surface area (Å²) >= 11 is 1.37. The Balaban J connectivity index is 1.30. The van der Waals surface area contributed by atoms with E-state index in [2.05, 4.69) is 42.9 Å². The van der Waals surface area contributed by atoms with Crippen molar-refractivity contribution in [2.45, 2.75) is 32.0 Å². The molecule has 2 aliphatic rings. The van der Waals surface area contributed by atoms with Gasteiger partial charge in [0.25, 0.3) is 0 Å². The summed E-state index contributed by atoms with van der Waals surface area (Å²) in [6.07, 6.45) is -2.39. The van der Waals surface area contributed by atoms with Gasteiger partial charge in [-0.3, -0.25) is 0 Å². The number of nitrogens with one attached hydrogen (secondary N) is 1. The second-order valence-corrected chi connectivity index (χ2v) is 11.9. The van der Waals surface area contributed by atoms with Crippen molar-refractivity contribution in [3.05, 3.63) is 72.0 Å². The van der Waals surface area contributed by atoms with Gasteiger partial charge in [0, 0.05) is 43.3 Å². The van der Waals surface area contributed by atoms with Gasteiger partial charge < -0.3 is 19.7 Å². The molecule has 0 bridgehead atoms. The Bertz CT molecular complexity index is 1750. The van der Waals surface area contributed by atoms with Crippen LogP contribution in [-0.4, -0.2) is 57.4 Å². The van der Waals surface area contributed by atoms with E-state index >= 15 is 0 Å². The second kappa shape index (κ2) is 10.9. The number of aromatic nitrogens is 4. The van der Waals surface area contributed by atoms with Crippen LogP contribution in [-0.2, 0) is 6.18 Å². The minimum absolute atomic E-state index is 0.257. The Morgan fingerprint density at radius 2 is 1.60 bits per heavy atom. The molecule has 1 N–H and O–H groups in total. The number of piperazine rings is 1. The van der Waals surface area contributed by atoms with E-state index in [-0.39, 0.29) is 11.9 Å². The van der Waals surface area contributed by atoms with E-state index in [1.54, 1.807) is 12.1 Å². The van der Waals surface area contributed by atoms with Crippen LogP contribution in [0.15, 0.2) is 60.7 Å². The van der Waals surface area contributed by atoms with Crippen LogP contribution in [0, 0.1) is 5.82 Å². The minimum atomic E-state index is -4.40. The van der Waals surface area contributed by atoms with Crippen LogP contribution < -0.4 is 10.2 Å². The fourth-order valence-electron chi connectivity index (χ4n) is 5.61. The van der Waals surface area contributed by atoms with E-state index in [1.807, 2.05) is 6.07 Å². The topological polar surface area (TPSA) is 62.1 Å². The first-order valence-electron chi connectivity index (χ1n) is 14.3. The molecule has 0 unspecified atom stereocenters. The molecule has 7 rings (SSSR count). The normalized spacial score (nSPS) is 16.3. The summed E-state index contributed by atoms with van der Waals surface area (Å²) in [5.41, 5.74) is 4.31. The second-order valence-electron chi connectivity index (χ2n) is 10.9. The van der Waals surface area contributed by atoms with Crippen LogP contribution in [0.1, 0.15) is 31.4 Å². The average Bonchev–Trinajstić information content (AvgIpc) is 3.62. The quantitative estimate of drug-likeness (QED) is 0.192. The fourth-order valence-corrected chi connectivity index (χ4v) is 6.37. The van der Waals surface area contributed by atoms with E-state index in [4.69, 9.17) is 4.98 Å². The fraction of sp³-hybridized carbons (Fsp3) is 0.323. The van der Waals surface area contributed by atoms with Crippen molar-refractivity contribution in [3.63, 3.8) is 0 Å². The summed E-state index contributed by atoms with van der Waals surface area (Å²) in [7, 11) is 0. The highest BCUT2D eigenvalue weighted by Crippen LogP contribution is 2.44. The van der Waals surface area contributed by atoms with Gasteiger partial charge in [-0.1, -0.05) is 30.4 Å². The van der Waals surface area contributed by atoms with Gasteiger partial charge in [-0.25, -0.2) is 9.37 Å². The number of hydrogen-bond donors (Lipinski definition) is 1. The van der Waals surface area contributed by atoms with Crippen LogP contribution in [0.2, 0.25) is 0 Å².